The lowest BCUT2D eigenvalue weighted by molar-refractivity contribution is -0.117. The van der Waals surface area contributed by atoms with Crippen molar-refractivity contribution in [1.29, 1.82) is 0 Å². The summed E-state index contributed by atoms with van der Waals surface area (Å²) in [5.74, 6) is 0.0520. The first-order valence-electron chi connectivity index (χ1n) is 6.97. The van der Waals surface area contributed by atoms with Crippen LogP contribution in [0.2, 0.25) is 0 Å². The Kier molecular flexibility index (Phi) is 5.18. The summed E-state index contributed by atoms with van der Waals surface area (Å²) in [4.78, 5) is 14.3. The van der Waals surface area contributed by atoms with Crippen LogP contribution in [0.25, 0.3) is 0 Å². The van der Waals surface area contributed by atoms with Crippen LogP contribution in [0.3, 0.4) is 0 Å². The number of nitrogens with zero attached hydrogens (tertiary/aromatic N) is 1. The van der Waals surface area contributed by atoms with Crippen molar-refractivity contribution in [2.24, 2.45) is 0 Å². The first-order valence-corrected chi connectivity index (χ1v) is 7.77. The van der Waals surface area contributed by atoms with Crippen molar-refractivity contribution in [3.63, 3.8) is 0 Å². The van der Waals surface area contributed by atoms with Gasteiger partial charge in [-0.05, 0) is 45.0 Å². The summed E-state index contributed by atoms with van der Waals surface area (Å²) >= 11 is 3.40. The molecule has 0 unspecified atom stereocenters. The van der Waals surface area contributed by atoms with Crippen LogP contribution in [0.1, 0.15) is 19.8 Å². The third kappa shape index (κ3) is 4.30. The van der Waals surface area contributed by atoms with E-state index in [4.69, 9.17) is 0 Å². The van der Waals surface area contributed by atoms with E-state index in [1.165, 1.54) is 0 Å². The summed E-state index contributed by atoms with van der Waals surface area (Å²) in [7, 11) is 2.01. The number of carbonyl (C=O) groups is 1. The molecule has 1 amide bonds. The molecule has 0 atom stereocenters. The fraction of sp³-hybridized carbons (Fsp3) is 0.533. The number of piperidine rings is 1. The third-order valence-electron chi connectivity index (χ3n) is 4.04. The zero-order valence-electron chi connectivity index (χ0n) is 12.1. The Morgan fingerprint density at radius 3 is 2.70 bits per heavy atom. The Bertz CT molecular complexity index is 470. The van der Waals surface area contributed by atoms with Crippen molar-refractivity contribution < 1.29 is 4.79 Å². The van der Waals surface area contributed by atoms with E-state index in [1.807, 2.05) is 31.3 Å². The van der Waals surface area contributed by atoms with E-state index in [9.17, 15) is 4.79 Å². The first-order chi connectivity index (χ1) is 9.50. The highest BCUT2D eigenvalue weighted by Gasteiger charge is 2.28. The number of nitrogens with one attached hydrogen (secondary N) is 2. The highest BCUT2D eigenvalue weighted by atomic mass is 79.9. The maximum absolute atomic E-state index is 12.0. The summed E-state index contributed by atoms with van der Waals surface area (Å²) in [5.41, 5.74) is 1.05. The van der Waals surface area contributed by atoms with Crippen molar-refractivity contribution in [2.45, 2.75) is 25.3 Å². The molecule has 0 bridgehead atoms. The van der Waals surface area contributed by atoms with E-state index >= 15 is 0 Å². The molecule has 1 aromatic rings. The van der Waals surface area contributed by atoms with Crippen LogP contribution < -0.4 is 10.6 Å². The smallest absolute Gasteiger partial charge is 0.238 e. The lowest BCUT2D eigenvalue weighted by Crippen LogP contribution is -2.51. The maximum atomic E-state index is 12.0. The van der Waals surface area contributed by atoms with Crippen molar-refractivity contribution in [3.8, 4) is 0 Å². The second kappa shape index (κ2) is 6.70. The molecule has 0 aromatic heterocycles. The molecular formula is C15H22BrN3O. The maximum Gasteiger partial charge on any atom is 0.238 e. The van der Waals surface area contributed by atoms with Gasteiger partial charge in [-0.3, -0.25) is 9.69 Å². The highest BCUT2D eigenvalue weighted by molar-refractivity contribution is 9.10. The van der Waals surface area contributed by atoms with Crippen LogP contribution in [-0.4, -0.2) is 43.0 Å². The number of likely N-dealkylation sites (tertiary alicyclic amines) is 1. The predicted octanol–water partition coefficient (Wildman–Crippen LogP) is 2.46. The monoisotopic (exact) mass is 339 g/mol. The van der Waals surface area contributed by atoms with E-state index in [0.717, 1.165) is 36.1 Å². The lowest BCUT2D eigenvalue weighted by Gasteiger charge is -2.39. The Morgan fingerprint density at radius 2 is 2.10 bits per heavy atom. The molecule has 1 heterocycles. The van der Waals surface area contributed by atoms with Gasteiger partial charge in [0.05, 0.1) is 6.54 Å². The Morgan fingerprint density at radius 1 is 1.40 bits per heavy atom. The molecule has 0 spiro atoms. The van der Waals surface area contributed by atoms with Gasteiger partial charge < -0.3 is 10.6 Å². The van der Waals surface area contributed by atoms with Crippen molar-refractivity contribution in [3.05, 3.63) is 28.7 Å². The predicted molar refractivity (Wildman–Crippen MR) is 85.9 cm³/mol. The number of anilines is 1. The van der Waals surface area contributed by atoms with Crippen molar-refractivity contribution >= 4 is 27.5 Å². The molecule has 0 radical (unpaired) electrons. The average molecular weight is 340 g/mol. The van der Waals surface area contributed by atoms with Crippen molar-refractivity contribution in [1.82, 2.24) is 10.2 Å². The van der Waals surface area contributed by atoms with Gasteiger partial charge in [-0.2, -0.15) is 0 Å². The number of hydrogen-bond donors (Lipinski definition) is 2. The topological polar surface area (TPSA) is 44.4 Å². The van der Waals surface area contributed by atoms with Gasteiger partial charge in [-0.25, -0.2) is 0 Å². The van der Waals surface area contributed by atoms with E-state index in [1.54, 1.807) is 0 Å². The average Bonchev–Trinajstić information content (AvgIpc) is 2.42. The van der Waals surface area contributed by atoms with Crippen LogP contribution >= 0.6 is 15.9 Å². The second-order valence-corrected chi connectivity index (χ2v) is 6.56. The molecule has 1 aliphatic rings. The quantitative estimate of drug-likeness (QED) is 0.885. The molecule has 1 aliphatic heterocycles. The van der Waals surface area contributed by atoms with Crippen LogP contribution in [0.4, 0.5) is 5.69 Å². The van der Waals surface area contributed by atoms with Crippen molar-refractivity contribution in [2.75, 3.05) is 32.0 Å². The van der Waals surface area contributed by atoms with Gasteiger partial charge in [-0.15, -0.1) is 0 Å². The fourth-order valence-electron chi connectivity index (χ4n) is 2.42. The van der Waals surface area contributed by atoms with Crippen LogP contribution in [0, 0.1) is 0 Å². The standard InChI is InChI=1S/C15H22BrN3O/c1-15(17-2)6-8-19(9-7-15)11-14(20)18-13-5-3-4-12(16)10-13/h3-5,10,17H,6-9,11H2,1-2H3,(H,18,20). The molecule has 2 rings (SSSR count). The van der Waals surface area contributed by atoms with Gasteiger partial charge in [0.25, 0.3) is 0 Å². The van der Waals surface area contributed by atoms with E-state index in [2.05, 4.69) is 38.4 Å². The minimum absolute atomic E-state index is 0.0520. The summed E-state index contributed by atoms with van der Waals surface area (Å²) < 4.78 is 0.970. The van der Waals surface area contributed by atoms with E-state index in [-0.39, 0.29) is 11.4 Å². The van der Waals surface area contributed by atoms with Crippen LogP contribution in [-0.2, 0) is 4.79 Å². The minimum atomic E-state index is 0.0520. The highest BCUT2D eigenvalue weighted by Crippen LogP contribution is 2.21. The molecule has 1 saturated heterocycles. The number of benzene rings is 1. The van der Waals surface area contributed by atoms with Gasteiger partial charge in [0.2, 0.25) is 5.91 Å². The van der Waals surface area contributed by atoms with Gasteiger partial charge in [0.1, 0.15) is 0 Å². The summed E-state index contributed by atoms with van der Waals surface area (Å²) in [6.07, 6.45) is 2.15. The summed E-state index contributed by atoms with van der Waals surface area (Å²) in [6.45, 7) is 4.63. The summed E-state index contributed by atoms with van der Waals surface area (Å²) in [5, 5.41) is 6.31. The van der Waals surface area contributed by atoms with Crippen LogP contribution in [0.5, 0.6) is 0 Å². The largest absolute Gasteiger partial charge is 0.325 e. The van der Waals surface area contributed by atoms with Crippen LogP contribution in [0.15, 0.2) is 28.7 Å². The van der Waals surface area contributed by atoms with E-state index in [0.29, 0.717) is 6.54 Å². The first kappa shape index (κ1) is 15.5. The molecule has 1 aromatic carbocycles. The van der Waals surface area contributed by atoms with Gasteiger partial charge in [-0.1, -0.05) is 22.0 Å². The number of amides is 1. The molecule has 4 nitrogen and oxygen atoms in total. The molecule has 0 aliphatic carbocycles. The molecule has 20 heavy (non-hydrogen) atoms. The minimum Gasteiger partial charge on any atom is -0.325 e. The zero-order chi connectivity index (χ0) is 14.6. The van der Waals surface area contributed by atoms with E-state index < -0.39 is 0 Å². The number of rotatable bonds is 4. The Labute approximate surface area is 129 Å². The molecule has 5 heteroatoms. The number of carbonyl (C=O) groups excluding carboxylic acids is 1. The Balaban J connectivity index is 1.81. The van der Waals surface area contributed by atoms with Gasteiger partial charge >= 0.3 is 0 Å². The molecule has 1 fully saturated rings. The normalized spacial score (nSPS) is 18.8. The molecule has 0 saturated carbocycles. The second-order valence-electron chi connectivity index (χ2n) is 5.65. The number of halogens is 1. The fourth-order valence-corrected chi connectivity index (χ4v) is 2.82. The Hall–Kier alpha value is -0.910. The molecular weight excluding hydrogens is 318 g/mol. The van der Waals surface area contributed by atoms with Gasteiger partial charge in [0.15, 0.2) is 0 Å². The third-order valence-corrected chi connectivity index (χ3v) is 4.53. The molecule has 110 valence electrons. The van der Waals surface area contributed by atoms with Gasteiger partial charge in [0, 0.05) is 28.8 Å². The summed E-state index contributed by atoms with van der Waals surface area (Å²) in [6, 6.07) is 7.67. The number of hydrogen-bond acceptors (Lipinski definition) is 3. The lowest BCUT2D eigenvalue weighted by atomic mass is 9.90. The zero-order valence-corrected chi connectivity index (χ0v) is 13.7. The molecule has 2 N–H and O–H groups in total. The SMILES string of the molecule is CNC1(C)CCN(CC(=O)Nc2cccc(Br)c2)CC1.